The monoisotopic (exact) mass is 371 g/mol. The maximum atomic E-state index is 6.41. The van der Waals surface area contributed by atoms with Crippen molar-refractivity contribution in [2.24, 2.45) is 0 Å². The Bertz CT molecular complexity index is 975. The van der Waals surface area contributed by atoms with Gasteiger partial charge in [0.15, 0.2) is 11.5 Å². The molecule has 0 saturated heterocycles. The first-order chi connectivity index (χ1) is 13.5. The summed E-state index contributed by atoms with van der Waals surface area (Å²) in [6.07, 6.45) is 3.64. The van der Waals surface area contributed by atoms with Gasteiger partial charge in [0.05, 0.1) is 11.4 Å². The predicted molar refractivity (Wildman–Crippen MR) is 118 cm³/mol. The summed E-state index contributed by atoms with van der Waals surface area (Å²) in [6.45, 7) is 9.03. The quantitative estimate of drug-likeness (QED) is 0.352. The van der Waals surface area contributed by atoms with Gasteiger partial charge in [0.25, 0.3) is 0 Å². The molecule has 0 fully saturated rings. The standard InChI is InChI=1S/C26H29NO/c1-5-6-16-26(3,4)20-13-15-23-25(18-20)28-24-17-19(2)12-14-22(24)27(23)21-10-8-7-9-11-21/h7-15,17-18H,5-6,16H2,1-4H3. The fourth-order valence-electron chi connectivity index (χ4n) is 3.96. The third-order valence-electron chi connectivity index (χ3n) is 5.73. The molecule has 0 N–H and O–H groups in total. The molecule has 0 aliphatic carbocycles. The molecule has 0 saturated carbocycles. The third-order valence-corrected chi connectivity index (χ3v) is 5.73. The molecule has 0 amide bonds. The summed E-state index contributed by atoms with van der Waals surface area (Å²) >= 11 is 0. The summed E-state index contributed by atoms with van der Waals surface area (Å²) in [5.74, 6) is 1.85. The molecule has 0 atom stereocenters. The molecule has 2 nitrogen and oxygen atoms in total. The number of fused-ring (bicyclic) bond motifs is 2. The summed E-state index contributed by atoms with van der Waals surface area (Å²) in [4.78, 5) is 2.30. The number of ether oxygens (including phenoxy) is 1. The van der Waals surface area contributed by atoms with Crippen molar-refractivity contribution in [3.63, 3.8) is 0 Å². The number of anilines is 3. The van der Waals surface area contributed by atoms with Gasteiger partial charge in [0.1, 0.15) is 0 Å². The number of para-hydroxylation sites is 1. The van der Waals surface area contributed by atoms with Crippen LogP contribution in [0.25, 0.3) is 0 Å². The molecule has 0 spiro atoms. The summed E-state index contributed by atoms with van der Waals surface area (Å²) < 4.78 is 6.41. The average molecular weight is 372 g/mol. The van der Waals surface area contributed by atoms with E-state index in [-0.39, 0.29) is 5.41 Å². The molecular formula is C26H29NO. The van der Waals surface area contributed by atoms with Crippen molar-refractivity contribution in [3.8, 4) is 11.5 Å². The van der Waals surface area contributed by atoms with E-state index in [1.807, 2.05) is 0 Å². The largest absolute Gasteiger partial charge is 0.453 e. The Kier molecular flexibility index (Phi) is 4.89. The van der Waals surface area contributed by atoms with Crippen LogP contribution in [-0.2, 0) is 5.41 Å². The van der Waals surface area contributed by atoms with Crippen LogP contribution in [-0.4, -0.2) is 0 Å². The van der Waals surface area contributed by atoms with E-state index >= 15 is 0 Å². The Hall–Kier alpha value is -2.74. The first-order valence-electron chi connectivity index (χ1n) is 10.3. The number of aryl methyl sites for hydroxylation is 1. The van der Waals surface area contributed by atoms with E-state index in [2.05, 4.69) is 99.3 Å². The van der Waals surface area contributed by atoms with Crippen LogP contribution in [0.5, 0.6) is 11.5 Å². The lowest BCUT2D eigenvalue weighted by Gasteiger charge is -2.34. The second-order valence-corrected chi connectivity index (χ2v) is 8.41. The van der Waals surface area contributed by atoms with Gasteiger partial charge in [-0.15, -0.1) is 0 Å². The fourth-order valence-corrected chi connectivity index (χ4v) is 3.96. The lowest BCUT2D eigenvalue weighted by molar-refractivity contribution is 0.447. The van der Waals surface area contributed by atoms with Gasteiger partial charge < -0.3 is 9.64 Å². The van der Waals surface area contributed by atoms with Gasteiger partial charge in [-0.25, -0.2) is 0 Å². The highest BCUT2D eigenvalue weighted by Gasteiger charge is 2.28. The van der Waals surface area contributed by atoms with Gasteiger partial charge in [0, 0.05) is 5.69 Å². The number of hydrogen-bond donors (Lipinski definition) is 0. The summed E-state index contributed by atoms with van der Waals surface area (Å²) in [5, 5.41) is 0. The maximum absolute atomic E-state index is 6.41. The van der Waals surface area contributed by atoms with E-state index in [1.54, 1.807) is 0 Å². The molecule has 144 valence electrons. The molecule has 0 radical (unpaired) electrons. The second kappa shape index (κ2) is 7.35. The van der Waals surface area contributed by atoms with Crippen molar-refractivity contribution in [2.45, 2.75) is 52.4 Å². The molecule has 1 aliphatic rings. The Morgan fingerprint density at radius 2 is 1.54 bits per heavy atom. The van der Waals surface area contributed by atoms with Crippen molar-refractivity contribution >= 4 is 17.1 Å². The minimum Gasteiger partial charge on any atom is -0.453 e. The third kappa shape index (κ3) is 3.40. The molecule has 28 heavy (non-hydrogen) atoms. The van der Waals surface area contributed by atoms with E-state index in [4.69, 9.17) is 4.74 Å². The molecule has 1 heterocycles. The van der Waals surface area contributed by atoms with Crippen LogP contribution in [0, 0.1) is 6.92 Å². The van der Waals surface area contributed by atoms with Crippen LogP contribution in [0.15, 0.2) is 66.7 Å². The topological polar surface area (TPSA) is 12.5 Å². The molecule has 2 heteroatoms. The van der Waals surface area contributed by atoms with Crippen molar-refractivity contribution < 1.29 is 4.74 Å². The van der Waals surface area contributed by atoms with E-state index in [0.717, 1.165) is 28.6 Å². The lowest BCUT2D eigenvalue weighted by atomic mass is 9.80. The summed E-state index contributed by atoms with van der Waals surface area (Å²) in [6, 6.07) is 23.7. The number of nitrogens with zero attached hydrogens (tertiary/aromatic N) is 1. The number of benzene rings is 3. The maximum Gasteiger partial charge on any atom is 0.151 e. The highest BCUT2D eigenvalue weighted by atomic mass is 16.5. The van der Waals surface area contributed by atoms with E-state index in [1.165, 1.54) is 30.4 Å². The van der Waals surface area contributed by atoms with Crippen LogP contribution >= 0.6 is 0 Å². The second-order valence-electron chi connectivity index (χ2n) is 8.41. The van der Waals surface area contributed by atoms with Crippen LogP contribution in [0.1, 0.15) is 51.2 Å². The highest BCUT2D eigenvalue weighted by molar-refractivity contribution is 5.86. The normalized spacial score (nSPS) is 12.9. The van der Waals surface area contributed by atoms with Gasteiger partial charge in [-0.1, -0.05) is 63.9 Å². The van der Waals surface area contributed by atoms with Gasteiger partial charge in [-0.05, 0) is 66.3 Å². The molecule has 4 rings (SSSR count). The molecule has 0 bridgehead atoms. The zero-order chi connectivity index (χ0) is 19.7. The number of rotatable bonds is 5. The highest BCUT2D eigenvalue weighted by Crippen LogP contribution is 2.51. The smallest absolute Gasteiger partial charge is 0.151 e. The Balaban J connectivity index is 1.83. The van der Waals surface area contributed by atoms with Crippen molar-refractivity contribution in [1.82, 2.24) is 0 Å². The summed E-state index contributed by atoms with van der Waals surface area (Å²) in [5.41, 5.74) is 6.01. The van der Waals surface area contributed by atoms with E-state index in [9.17, 15) is 0 Å². The van der Waals surface area contributed by atoms with Crippen LogP contribution in [0.4, 0.5) is 17.1 Å². The zero-order valence-electron chi connectivity index (χ0n) is 17.3. The molecular weight excluding hydrogens is 342 g/mol. The first-order valence-corrected chi connectivity index (χ1v) is 10.3. The molecule has 3 aromatic carbocycles. The minimum atomic E-state index is 0.138. The van der Waals surface area contributed by atoms with Gasteiger partial charge in [-0.2, -0.15) is 0 Å². The van der Waals surface area contributed by atoms with Crippen LogP contribution in [0.2, 0.25) is 0 Å². The number of hydrogen-bond acceptors (Lipinski definition) is 2. The average Bonchev–Trinajstić information content (AvgIpc) is 2.70. The number of unbranched alkanes of at least 4 members (excludes halogenated alkanes) is 1. The minimum absolute atomic E-state index is 0.138. The van der Waals surface area contributed by atoms with Crippen LogP contribution in [0.3, 0.4) is 0 Å². The van der Waals surface area contributed by atoms with Gasteiger partial charge in [-0.3, -0.25) is 0 Å². The molecule has 0 unspecified atom stereocenters. The van der Waals surface area contributed by atoms with Crippen molar-refractivity contribution in [1.29, 1.82) is 0 Å². The predicted octanol–water partition coefficient (Wildman–Crippen LogP) is 8.04. The SMILES string of the molecule is CCCCC(C)(C)c1ccc2c(c1)Oc1cc(C)ccc1N2c1ccccc1. The molecule has 1 aliphatic heterocycles. The Morgan fingerprint density at radius 1 is 0.857 bits per heavy atom. The fraction of sp³-hybridized carbons (Fsp3) is 0.308. The summed E-state index contributed by atoms with van der Waals surface area (Å²) in [7, 11) is 0. The van der Waals surface area contributed by atoms with Crippen molar-refractivity contribution in [3.05, 3.63) is 77.9 Å². The van der Waals surface area contributed by atoms with Crippen LogP contribution < -0.4 is 9.64 Å². The lowest BCUT2D eigenvalue weighted by Crippen LogP contribution is -2.19. The van der Waals surface area contributed by atoms with Gasteiger partial charge in [0.2, 0.25) is 0 Å². The molecule has 0 aromatic heterocycles. The molecule has 3 aromatic rings. The Labute approximate surface area is 168 Å². The zero-order valence-corrected chi connectivity index (χ0v) is 17.3. The first kappa shape index (κ1) is 18.6. The van der Waals surface area contributed by atoms with E-state index < -0.39 is 0 Å². The van der Waals surface area contributed by atoms with E-state index in [0.29, 0.717) is 0 Å². The Morgan fingerprint density at radius 3 is 2.25 bits per heavy atom. The van der Waals surface area contributed by atoms with Crippen molar-refractivity contribution in [2.75, 3.05) is 4.90 Å². The van der Waals surface area contributed by atoms with Gasteiger partial charge >= 0.3 is 0 Å².